The van der Waals surface area contributed by atoms with Crippen molar-refractivity contribution in [3.8, 4) is 0 Å². The maximum Gasteiger partial charge on any atom is 0.404 e. The number of aliphatic hydroxyl groups excluding tert-OH is 1. The number of amides is 1. The zero-order chi connectivity index (χ0) is 11.4. The van der Waals surface area contributed by atoms with Crippen molar-refractivity contribution in [2.45, 2.75) is 6.10 Å². The summed E-state index contributed by atoms with van der Waals surface area (Å²) in [6.07, 6.45) is -2.12. The fraction of sp³-hybridized carbons (Fsp3) is 0.222. The average molecular weight is 250 g/mol. The van der Waals surface area contributed by atoms with E-state index in [1.165, 1.54) is 6.07 Å². The van der Waals surface area contributed by atoms with Gasteiger partial charge in [-0.05, 0) is 17.7 Å². The number of aliphatic hydroxyl groups is 1. The molecule has 0 aromatic heterocycles. The fourth-order valence-electron chi connectivity index (χ4n) is 1.02. The van der Waals surface area contributed by atoms with E-state index in [0.29, 0.717) is 15.6 Å². The minimum Gasteiger partial charge on any atom is -0.465 e. The summed E-state index contributed by atoms with van der Waals surface area (Å²) in [6.45, 7) is -0.0900. The highest BCUT2D eigenvalue weighted by atomic mass is 35.5. The largest absolute Gasteiger partial charge is 0.465 e. The normalized spacial score (nSPS) is 12.2. The van der Waals surface area contributed by atoms with Gasteiger partial charge in [-0.3, -0.25) is 0 Å². The summed E-state index contributed by atoms with van der Waals surface area (Å²) in [5.41, 5.74) is 0.512. The molecule has 1 unspecified atom stereocenters. The van der Waals surface area contributed by atoms with Crippen molar-refractivity contribution in [2.24, 2.45) is 0 Å². The van der Waals surface area contributed by atoms with Crippen molar-refractivity contribution in [1.82, 2.24) is 5.32 Å². The predicted octanol–water partition coefficient (Wildman–Crippen LogP) is 2.29. The molecular formula is C9H9Cl2NO3. The van der Waals surface area contributed by atoms with Gasteiger partial charge in [-0.1, -0.05) is 29.3 Å². The highest BCUT2D eigenvalue weighted by Gasteiger charge is 2.10. The molecule has 0 radical (unpaired) electrons. The third-order valence-electron chi connectivity index (χ3n) is 1.78. The lowest BCUT2D eigenvalue weighted by Gasteiger charge is -2.11. The summed E-state index contributed by atoms with van der Waals surface area (Å²) in [5.74, 6) is 0. The molecule has 0 fully saturated rings. The van der Waals surface area contributed by atoms with Gasteiger partial charge in [0, 0.05) is 0 Å². The second-order valence-corrected chi connectivity index (χ2v) is 3.69. The van der Waals surface area contributed by atoms with Crippen molar-refractivity contribution < 1.29 is 15.0 Å². The molecule has 0 aliphatic rings. The van der Waals surface area contributed by atoms with Crippen LogP contribution in [0, 0.1) is 0 Å². The minimum atomic E-state index is -1.19. The molecule has 0 aliphatic carbocycles. The first-order valence-electron chi connectivity index (χ1n) is 4.10. The van der Waals surface area contributed by atoms with E-state index >= 15 is 0 Å². The van der Waals surface area contributed by atoms with Gasteiger partial charge in [0.25, 0.3) is 0 Å². The van der Waals surface area contributed by atoms with Crippen LogP contribution in [0.1, 0.15) is 11.7 Å². The number of halogens is 2. The van der Waals surface area contributed by atoms with Crippen LogP contribution in [0.25, 0.3) is 0 Å². The first-order valence-corrected chi connectivity index (χ1v) is 4.86. The topological polar surface area (TPSA) is 69.6 Å². The van der Waals surface area contributed by atoms with Gasteiger partial charge >= 0.3 is 6.09 Å². The van der Waals surface area contributed by atoms with Crippen LogP contribution in [-0.4, -0.2) is 22.9 Å². The van der Waals surface area contributed by atoms with Crippen molar-refractivity contribution in [3.05, 3.63) is 33.8 Å². The monoisotopic (exact) mass is 249 g/mol. The van der Waals surface area contributed by atoms with Crippen LogP contribution in [0.3, 0.4) is 0 Å². The van der Waals surface area contributed by atoms with Gasteiger partial charge in [-0.25, -0.2) is 4.79 Å². The summed E-state index contributed by atoms with van der Waals surface area (Å²) in [5, 5.41) is 20.7. The molecule has 6 heteroatoms. The van der Waals surface area contributed by atoms with Crippen LogP contribution in [0.4, 0.5) is 4.79 Å². The molecule has 4 nitrogen and oxygen atoms in total. The summed E-state index contributed by atoms with van der Waals surface area (Å²) in [4.78, 5) is 10.2. The maximum atomic E-state index is 10.2. The minimum absolute atomic E-state index is 0.0900. The number of carboxylic acid groups (broad SMARTS) is 1. The van der Waals surface area contributed by atoms with E-state index in [1.807, 2.05) is 0 Å². The summed E-state index contributed by atoms with van der Waals surface area (Å²) in [6, 6.07) is 4.63. The van der Waals surface area contributed by atoms with E-state index in [1.54, 1.807) is 12.1 Å². The zero-order valence-electron chi connectivity index (χ0n) is 7.58. The van der Waals surface area contributed by atoms with Gasteiger partial charge in [0.05, 0.1) is 22.7 Å². The molecule has 0 bridgehead atoms. The highest BCUT2D eigenvalue weighted by molar-refractivity contribution is 6.42. The van der Waals surface area contributed by atoms with E-state index in [9.17, 15) is 9.90 Å². The van der Waals surface area contributed by atoms with Gasteiger partial charge in [0.1, 0.15) is 0 Å². The fourth-order valence-corrected chi connectivity index (χ4v) is 1.33. The van der Waals surface area contributed by atoms with Gasteiger partial charge < -0.3 is 15.5 Å². The summed E-state index contributed by atoms with van der Waals surface area (Å²) < 4.78 is 0. The Kier molecular flexibility index (Phi) is 4.20. The van der Waals surface area contributed by atoms with Crippen LogP contribution in [0.2, 0.25) is 10.0 Å². The number of rotatable bonds is 3. The van der Waals surface area contributed by atoms with Crippen molar-refractivity contribution in [2.75, 3.05) is 6.54 Å². The van der Waals surface area contributed by atoms with Crippen molar-refractivity contribution in [1.29, 1.82) is 0 Å². The molecule has 0 heterocycles. The molecule has 3 N–H and O–H groups in total. The number of hydrogen-bond acceptors (Lipinski definition) is 2. The zero-order valence-corrected chi connectivity index (χ0v) is 9.09. The van der Waals surface area contributed by atoms with Crippen LogP contribution < -0.4 is 5.32 Å². The molecule has 1 rings (SSSR count). The number of hydrogen-bond donors (Lipinski definition) is 3. The standard InChI is InChI=1S/C9H9Cl2NO3/c10-6-2-1-5(3-7(6)11)8(13)4-12-9(14)15/h1-3,8,12-13H,4H2,(H,14,15). The van der Waals surface area contributed by atoms with Crippen molar-refractivity contribution >= 4 is 29.3 Å². The lowest BCUT2D eigenvalue weighted by molar-refractivity contribution is 0.159. The predicted molar refractivity (Wildman–Crippen MR) is 57.4 cm³/mol. The molecule has 1 aromatic rings. The molecule has 0 saturated heterocycles. The van der Waals surface area contributed by atoms with E-state index in [0.717, 1.165) is 0 Å². The second-order valence-electron chi connectivity index (χ2n) is 2.88. The van der Waals surface area contributed by atoms with Crippen LogP contribution in [0.15, 0.2) is 18.2 Å². The van der Waals surface area contributed by atoms with Gasteiger partial charge in [0.15, 0.2) is 0 Å². The van der Waals surface area contributed by atoms with Gasteiger partial charge in [-0.2, -0.15) is 0 Å². The molecule has 1 aromatic carbocycles. The third-order valence-corrected chi connectivity index (χ3v) is 2.51. The Bertz CT molecular complexity index is 370. The molecule has 15 heavy (non-hydrogen) atoms. The maximum absolute atomic E-state index is 10.2. The van der Waals surface area contributed by atoms with E-state index < -0.39 is 12.2 Å². The molecule has 0 aliphatic heterocycles. The lowest BCUT2D eigenvalue weighted by atomic mass is 10.1. The second kappa shape index (κ2) is 5.21. The van der Waals surface area contributed by atoms with E-state index in [2.05, 4.69) is 5.32 Å². The van der Waals surface area contributed by atoms with E-state index in [-0.39, 0.29) is 6.54 Å². The van der Waals surface area contributed by atoms with Crippen LogP contribution in [0.5, 0.6) is 0 Å². The van der Waals surface area contributed by atoms with Crippen molar-refractivity contribution in [3.63, 3.8) is 0 Å². The molecule has 0 spiro atoms. The summed E-state index contributed by atoms with van der Waals surface area (Å²) in [7, 11) is 0. The number of carbonyl (C=O) groups is 1. The Labute approximate surface area is 96.4 Å². The van der Waals surface area contributed by atoms with E-state index in [4.69, 9.17) is 28.3 Å². The first kappa shape index (κ1) is 12.1. The Morgan fingerprint density at radius 2 is 2.07 bits per heavy atom. The SMILES string of the molecule is O=C(O)NCC(O)c1ccc(Cl)c(Cl)c1. The Morgan fingerprint density at radius 3 is 2.60 bits per heavy atom. The lowest BCUT2D eigenvalue weighted by Crippen LogP contribution is -2.26. The van der Waals surface area contributed by atoms with Crippen LogP contribution >= 0.6 is 23.2 Å². The summed E-state index contributed by atoms with van der Waals surface area (Å²) >= 11 is 11.4. The molecule has 0 saturated carbocycles. The van der Waals surface area contributed by atoms with Gasteiger partial charge in [0.2, 0.25) is 0 Å². The Hall–Kier alpha value is -0.970. The first-order chi connectivity index (χ1) is 7.00. The molecular weight excluding hydrogens is 241 g/mol. The Morgan fingerprint density at radius 1 is 1.40 bits per heavy atom. The Balaban J connectivity index is 2.69. The quantitative estimate of drug-likeness (QED) is 0.770. The molecule has 1 atom stereocenters. The smallest absolute Gasteiger partial charge is 0.404 e. The molecule has 1 amide bonds. The van der Waals surface area contributed by atoms with Crippen LogP contribution in [-0.2, 0) is 0 Å². The average Bonchev–Trinajstić information content (AvgIpc) is 2.18. The number of nitrogens with one attached hydrogen (secondary N) is 1. The number of benzene rings is 1. The highest BCUT2D eigenvalue weighted by Crippen LogP contribution is 2.25. The van der Waals surface area contributed by atoms with Gasteiger partial charge in [-0.15, -0.1) is 0 Å². The third kappa shape index (κ3) is 3.58. The molecule has 82 valence electrons.